The van der Waals surface area contributed by atoms with Crippen molar-refractivity contribution in [2.75, 3.05) is 0 Å². The van der Waals surface area contributed by atoms with Gasteiger partial charge in [0, 0.05) is 10.7 Å². The second kappa shape index (κ2) is 5.07. The van der Waals surface area contributed by atoms with Crippen LogP contribution in [0.3, 0.4) is 0 Å². The number of amides is 1. The highest BCUT2D eigenvalue weighted by Crippen LogP contribution is 2.35. The van der Waals surface area contributed by atoms with Crippen molar-refractivity contribution in [1.82, 2.24) is 10.3 Å². The fraction of sp³-hybridized carbons (Fsp3) is 0.462. The highest BCUT2D eigenvalue weighted by atomic mass is 79.9. The highest BCUT2D eigenvalue weighted by molar-refractivity contribution is 9.10. The Morgan fingerprint density at radius 3 is 3.06 bits per heavy atom. The summed E-state index contributed by atoms with van der Waals surface area (Å²) in [6.45, 7) is 2.00. The molecular weight excluding hydrogens is 294 g/mol. The van der Waals surface area contributed by atoms with Gasteiger partial charge in [0.05, 0.1) is 6.07 Å². The minimum absolute atomic E-state index is 0.175. The first-order valence-corrected chi connectivity index (χ1v) is 6.72. The van der Waals surface area contributed by atoms with Crippen LogP contribution in [0, 0.1) is 17.2 Å². The van der Waals surface area contributed by atoms with Crippen molar-refractivity contribution in [2.24, 2.45) is 5.92 Å². The van der Waals surface area contributed by atoms with Crippen LogP contribution in [0.25, 0.3) is 0 Å². The van der Waals surface area contributed by atoms with Crippen LogP contribution in [-0.2, 0) is 0 Å². The molecule has 1 aromatic rings. The molecule has 1 fully saturated rings. The van der Waals surface area contributed by atoms with Crippen molar-refractivity contribution in [2.45, 2.75) is 31.7 Å². The van der Waals surface area contributed by atoms with Crippen molar-refractivity contribution < 1.29 is 4.79 Å². The Kier molecular flexibility index (Phi) is 3.67. The normalized spacial score (nSPS) is 26.6. The largest absolute Gasteiger partial charge is 0.332 e. The van der Waals surface area contributed by atoms with Crippen LogP contribution in [0.5, 0.6) is 0 Å². The quantitative estimate of drug-likeness (QED) is 0.913. The van der Waals surface area contributed by atoms with E-state index in [-0.39, 0.29) is 11.8 Å². The monoisotopic (exact) mass is 307 g/mol. The molecule has 1 aromatic heterocycles. The molecule has 0 bridgehead atoms. The lowest BCUT2D eigenvalue weighted by atomic mass is 9.90. The van der Waals surface area contributed by atoms with Crippen molar-refractivity contribution in [1.29, 1.82) is 5.26 Å². The van der Waals surface area contributed by atoms with Gasteiger partial charge in [0.25, 0.3) is 5.91 Å². The number of halogens is 1. The number of hydrogen-bond donors (Lipinski definition) is 1. The van der Waals surface area contributed by atoms with Crippen LogP contribution >= 0.6 is 15.9 Å². The molecule has 1 amide bonds. The molecule has 5 heteroatoms. The lowest BCUT2D eigenvalue weighted by Gasteiger charge is -2.27. The van der Waals surface area contributed by atoms with E-state index in [0.717, 1.165) is 12.8 Å². The summed E-state index contributed by atoms with van der Waals surface area (Å²) < 4.78 is 0.640. The zero-order valence-corrected chi connectivity index (χ0v) is 11.7. The Labute approximate surface area is 115 Å². The molecule has 2 atom stereocenters. The maximum absolute atomic E-state index is 12.2. The summed E-state index contributed by atoms with van der Waals surface area (Å²) in [4.78, 5) is 16.2. The third-order valence-electron chi connectivity index (χ3n) is 3.56. The van der Waals surface area contributed by atoms with Gasteiger partial charge in [-0.3, -0.25) is 4.79 Å². The van der Waals surface area contributed by atoms with Crippen LogP contribution in [0.4, 0.5) is 0 Å². The fourth-order valence-corrected chi connectivity index (χ4v) is 2.81. The highest BCUT2D eigenvalue weighted by Gasteiger charge is 2.42. The average molecular weight is 308 g/mol. The van der Waals surface area contributed by atoms with E-state index in [2.05, 4.69) is 32.3 Å². The number of carbonyl (C=O) groups excluding carboxylic acids is 1. The van der Waals surface area contributed by atoms with Crippen molar-refractivity contribution in [3.63, 3.8) is 0 Å². The first kappa shape index (κ1) is 13.0. The Balaban J connectivity index is 2.22. The number of aromatic nitrogens is 1. The predicted octanol–water partition coefficient (Wildman–Crippen LogP) is 2.66. The molecule has 0 spiro atoms. The van der Waals surface area contributed by atoms with Crippen LogP contribution in [0.1, 0.15) is 36.7 Å². The maximum atomic E-state index is 12.2. The molecule has 1 N–H and O–H groups in total. The third kappa shape index (κ3) is 2.25. The summed E-state index contributed by atoms with van der Waals surface area (Å²) in [5, 5.41) is 12.2. The number of nitriles is 1. The Bertz CT molecular complexity index is 511. The third-order valence-corrected chi connectivity index (χ3v) is 4.20. The summed E-state index contributed by atoms with van der Waals surface area (Å²) in [5.41, 5.74) is -0.417. The molecule has 0 unspecified atom stereocenters. The van der Waals surface area contributed by atoms with Crippen LogP contribution < -0.4 is 5.32 Å². The van der Waals surface area contributed by atoms with Gasteiger partial charge in [-0.15, -0.1) is 0 Å². The van der Waals surface area contributed by atoms with Gasteiger partial charge in [0.15, 0.2) is 0 Å². The van der Waals surface area contributed by atoms with Crippen LogP contribution in [0.2, 0.25) is 0 Å². The average Bonchev–Trinajstić information content (AvgIpc) is 2.72. The van der Waals surface area contributed by atoms with Gasteiger partial charge < -0.3 is 5.32 Å². The second-order valence-electron chi connectivity index (χ2n) is 4.66. The Morgan fingerprint density at radius 1 is 1.72 bits per heavy atom. The molecule has 4 nitrogen and oxygen atoms in total. The van der Waals surface area contributed by atoms with E-state index < -0.39 is 5.54 Å². The van der Waals surface area contributed by atoms with E-state index in [0.29, 0.717) is 16.6 Å². The smallest absolute Gasteiger partial charge is 0.272 e. The SMILES string of the molecule is C[C@@H]1CCC[C@]1(C#N)NC(=O)c1ncccc1Br. The number of rotatable bonds is 2. The molecule has 1 aliphatic rings. The summed E-state index contributed by atoms with van der Waals surface area (Å²) >= 11 is 3.29. The molecule has 94 valence electrons. The first-order valence-electron chi connectivity index (χ1n) is 5.93. The van der Waals surface area contributed by atoms with Crippen molar-refractivity contribution in [3.8, 4) is 6.07 Å². The molecule has 18 heavy (non-hydrogen) atoms. The molecule has 0 radical (unpaired) electrons. The minimum Gasteiger partial charge on any atom is -0.332 e. The number of hydrogen-bond acceptors (Lipinski definition) is 3. The van der Waals surface area contributed by atoms with Gasteiger partial charge in [-0.2, -0.15) is 5.26 Å². The van der Waals surface area contributed by atoms with E-state index in [9.17, 15) is 10.1 Å². The molecule has 0 aliphatic heterocycles. The standard InChI is InChI=1S/C13H14BrN3O/c1-9-4-2-6-13(9,8-15)17-12(18)11-10(14)5-3-7-16-11/h3,5,7,9H,2,4,6H2,1H3,(H,17,18)/t9-,13-/m1/s1. The minimum atomic E-state index is -0.742. The van der Waals surface area contributed by atoms with E-state index in [1.165, 1.54) is 0 Å². The number of pyridine rings is 1. The fourth-order valence-electron chi connectivity index (χ4n) is 2.37. The molecular formula is C13H14BrN3O. The van der Waals surface area contributed by atoms with E-state index in [4.69, 9.17) is 0 Å². The van der Waals surface area contributed by atoms with Crippen LogP contribution in [-0.4, -0.2) is 16.4 Å². The van der Waals surface area contributed by atoms with E-state index in [1.54, 1.807) is 18.3 Å². The lowest BCUT2D eigenvalue weighted by molar-refractivity contribution is 0.0900. The summed E-state index contributed by atoms with van der Waals surface area (Å²) in [6, 6.07) is 5.78. The molecule has 1 aliphatic carbocycles. The molecule has 0 aromatic carbocycles. The van der Waals surface area contributed by atoms with Gasteiger partial charge in [-0.1, -0.05) is 6.92 Å². The predicted molar refractivity (Wildman–Crippen MR) is 70.8 cm³/mol. The van der Waals surface area contributed by atoms with Gasteiger partial charge >= 0.3 is 0 Å². The van der Waals surface area contributed by atoms with Crippen molar-refractivity contribution in [3.05, 3.63) is 28.5 Å². The second-order valence-corrected chi connectivity index (χ2v) is 5.52. The van der Waals surface area contributed by atoms with Gasteiger partial charge in [0.2, 0.25) is 0 Å². The van der Waals surface area contributed by atoms with E-state index in [1.807, 2.05) is 6.92 Å². The number of carbonyl (C=O) groups is 1. The molecule has 1 heterocycles. The lowest BCUT2D eigenvalue weighted by Crippen LogP contribution is -2.49. The Morgan fingerprint density at radius 2 is 2.50 bits per heavy atom. The zero-order chi connectivity index (χ0) is 13.2. The van der Waals surface area contributed by atoms with Crippen molar-refractivity contribution >= 4 is 21.8 Å². The van der Waals surface area contributed by atoms with Gasteiger partial charge in [-0.25, -0.2) is 4.98 Å². The Hall–Kier alpha value is -1.41. The summed E-state index contributed by atoms with van der Waals surface area (Å²) in [5.74, 6) is -0.119. The topological polar surface area (TPSA) is 65.8 Å². The number of nitrogens with zero attached hydrogens (tertiary/aromatic N) is 2. The summed E-state index contributed by atoms with van der Waals surface area (Å²) in [6.07, 6.45) is 4.22. The van der Waals surface area contributed by atoms with Gasteiger partial charge in [0.1, 0.15) is 11.2 Å². The van der Waals surface area contributed by atoms with Crippen LogP contribution in [0.15, 0.2) is 22.8 Å². The molecule has 2 rings (SSSR count). The molecule has 1 saturated carbocycles. The van der Waals surface area contributed by atoms with Gasteiger partial charge in [-0.05, 0) is 53.2 Å². The first-order chi connectivity index (χ1) is 8.59. The zero-order valence-electron chi connectivity index (χ0n) is 10.1. The van der Waals surface area contributed by atoms with E-state index >= 15 is 0 Å². The summed E-state index contributed by atoms with van der Waals surface area (Å²) in [7, 11) is 0. The number of nitrogens with one attached hydrogen (secondary N) is 1. The molecule has 0 saturated heterocycles. The maximum Gasteiger partial charge on any atom is 0.272 e.